The van der Waals surface area contributed by atoms with Gasteiger partial charge < -0.3 is 15.4 Å². The van der Waals surface area contributed by atoms with Gasteiger partial charge in [0, 0.05) is 12.1 Å². The molecule has 1 atom stereocenters. The van der Waals surface area contributed by atoms with Crippen molar-refractivity contribution in [2.45, 2.75) is 26.3 Å². The van der Waals surface area contributed by atoms with E-state index in [0.717, 1.165) is 18.6 Å². The normalized spacial score (nSPS) is 11.8. The second-order valence-corrected chi connectivity index (χ2v) is 4.13. The number of nitrogens with one attached hydrogen (secondary N) is 2. The fourth-order valence-electron chi connectivity index (χ4n) is 1.28. The van der Waals surface area contributed by atoms with E-state index in [9.17, 15) is 13.6 Å². The van der Waals surface area contributed by atoms with Crippen LogP contribution in [0.2, 0.25) is 0 Å². The first kappa shape index (κ1) is 15.2. The quantitative estimate of drug-likeness (QED) is 0.781. The molecule has 6 heteroatoms. The molecule has 0 heterocycles. The van der Waals surface area contributed by atoms with Gasteiger partial charge in [0.15, 0.2) is 11.6 Å². The zero-order chi connectivity index (χ0) is 14.3. The minimum atomic E-state index is -0.958. The summed E-state index contributed by atoms with van der Waals surface area (Å²) in [7, 11) is 0. The zero-order valence-electron chi connectivity index (χ0n) is 11.0. The fourth-order valence-corrected chi connectivity index (χ4v) is 1.28. The molecule has 1 aromatic carbocycles. The molecule has 4 nitrogen and oxygen atoms in total. The molecule has 0 aromatic heterocycles. The third-order valence-corrected chi connectivity index (χ3v) is 2.54. The van der Waals surface area contributed by atoms with Crippen molar-refractivity contribution in [3.63, 3.8) is 0 Å². The van der Waals surface area contributed by atoms with Crippen molar-refractivity contribution in [3.8, 4) is 5.75 Å². The van der Waals surface area contributed by atoms with Crippen LogP contribution in [0.3, 0.4) is 0 Å². The van der Waals surface area contributed by atoms with Gasteiger partial charge in [0.25, 0.3) is 0 Å². The molecule has 1 rings (SSSR count). The van der Waals surface area contributed by atoms with E-state index in [-0.39, 0.29) is 31.0 Å². The number of hydrogen-bond acceptors (Lipinski definition) is 2. The van der Waals surface area contributed by atoms with Crippen LogP contribution in [-0.2, 0) is 0 Å². The molecule has 1 aromatic rings. The average molecular weight is 272 g/mol. The first-order valence-corrected chi connectivity index (χ1v) is 6.15. The van der Waals surface area contributed by atoms with Gasteiger partial charge in [-0.05, 0) is 25.5 Å². The Hall–Kier alpha value is -1.85. The van der Waals surface area contributed by atoms with Gasteiger partial charge in [0.2, 0.25) is 0 Å². The van der Waals surface area contributed by atoms with Crippen LogP contribution >= 0.6 is 0 Å². The molecule has 2 amide bonds. The summed E-state index contributed by atoms with van der Waals surface area (Å²) >= 11 is 0. The first-order valence-electron chi connectivity index (χ1n) is 6.15. The third kappa shape index (κ3) is 5.54. The average Bonchev–Trinajstić information content (AvgIpc) is 2.38. The summed E-state index contributed by atoms with van der Waals surface area (Å²) in [6, 6.07) is 3.12. The number of halogens is 2. The molecule has 0 fully saturated rings. The van der Waals surface area contributed by atoms with Crippen LogP contribution in [0.1, 0.15) is 20.3 Å². The Kier molecular flexibility index (Phi) is 6.05. The van der Waals surface area contributed by atoms with Crippen LogP contribution in [0.5, 0.6) is 5.75 Å². The van der Waals surface area contributed by atoms with Gasteiger partial charge in [0.1, 0.15) is 12.4 Å². The molecule has 0 saturated heterocycles. The summed E-state index contributed by atoms with van der Waals surface area (Å²) in [6.07, 6.45) is 0.846. The highest BCUT2D eigenvalue weighted by atomic mass is 19.2. The van der Waals surface area contributed by atoms with Crippen molar-refractivity contribution < 1.29 is 18.3 Å². The van der Waals surface area contributed by atoms with E-state index in [1.54, 1.807) is 0 Å². The van der Waals surface area contributed by atoms with Crippen LogP contribution < -0.4 is 15.4 Å². The Labute approximate surface area is 111 Å². The summed E-state index contributed by atoms with van der Waals surface area (Å²) < 4.78 is 30.7. The molecule has 19 heavy (non-hydrogen) atoms. The van der Waals surface area contributed by atoms with Crippen LogP contribution in [0.4, 0.5) is 13.6 Å². The van der Waals surface area contributed by atoms with E-state index >= 15 is 0 Å². The predicted octanol–water partition coefficient (Wildman–Crippen LogP) is 2.44. The van der Waals surface area contributed by atoms with E-state index in [1.807, 2.05) is 13.8 Å². The Morgan fingerprint density at radius 2 is 2.11 bits per heavy atom. The highest BCUT2D eigenvalue weighted by molar-refractivity contribution is 5.74. The Bertz CT molecular complexity index is 427. The number of urea groups is 1. The topological polar surface area (TPSA) is 50.4 Å². The first-order chi connectivity index (χ1) is 9.02. The molecular weight excluding hydrogens is 254 g/mol. The van der Waals surface area contributed by atoms with Gasteiger partial charge in [-0.15, -0.1) is 0 Å². The number of hydrogen-bond donors (Lipinski definition) is 2. The van der Waals surface area contributed by atoms with Crippen LogP contribution in [0.15, 0.2) is 18.2 Å². The van der Waals surface area contributed by atoms with Crippen LogP contribution in [0.25, 0.3) is 0 Å². The molecule has 2 N–H and O–H groups in total. The lowest BCUT2D eigenvalue weighted by Crippen LogP contribution is -2.41. The SMILES string of the molecule is CCC(C)NC(=O)NCCOc1ccc(F)c(F)c1. The number of benzene rings is 1. The Balaban J connectivity index is 2.23. The third-order valence-electron chi connectivity index (χ3n) is 2.54. The number of rotatable bonds is 6. The largest absolute Gasteiger partial charge is 0.492 e. The van der Waals surface area contributed by atoms with Gasteiger partial charge in [0.05, 0.1) is 6.54 Å². The van der Waals surface area contributed by atoms with E-state index < -0.39 is 11.6 Å². The summed E-state index contributed by atoms with van der Waals surface area (Å²) in [6.45, 7) is 4.33. The number of amides is 2. The Morgan fingerprint density at radius 3 is 2.74 bits per heavy atom. The molecule has 0 bridgehead atoms. The fraction of sp³-hybridized carbons (Fsp3) is 0.462. The van der Waals surface area contributed by atoms with Crippen molar-refractivity contribution >= 4 is 6.03 Å². The minimum absolute atomic E-state index is 0.104. The molecule has 0 aliphatic rings. The summed E-state index contributed by atoms with van der Waals surface area (Å²) in [5.41, 5.74) is 0. The molecule has 1 unspecified atom stereocenters. The second kappa shape index (κ2) is 7.56. The molecule has 0 spiro atoms. The summed E-state index contributed by atoms with van der Waals surface area (Å²) in [5.74, 6) is -1.65. The van der Waals surface area contributed by atoms with E-state index in [0.29, 0.717) is 0 Å². The van der Waals surface area contributed by atoms with Crippen molar-refractivity contribution in [2.75, 3.05) is 13.2 Å². The lowest BCUT2D eigenvalue weighted by Gasteiger charge is -2.12. The highest BCUT2D eigenvalue weighted by Gasteiger charge is 2.05. The lowest BCUT2D eigenvalue weighted by molar-refractivity contribution is 0.233. The standard InChI is InChI=1S/C13H18F2N2O2/c1-3-9(2)17-13(18)16-6-7-19-10-4-5-11(14)12(15)8-10/h4-5,8-9H,3,6-7H2,1-2H3,(H2,16,17,18). The zero-order valence-corrected chi connectivity index (χ0v) is 11.0. The number of carbonyl (C=O) groups excluding carboxylic acids is 1. The molecule has 106 valence electrons. The van der Waals surface area contributed by atoms with Crippen LogP contribution in [-0.4, -0.2) is 25.2 Å². The lowest BCUT2D eigenvalue weighted by atomic mass is 10.3. The highest BCUT2D eigenvalue weighted by Crippen LogP contribution is 2.14. The van der Waals surface area contributed by atoms with E-state index in [4.69, 9.17) is 4.74 Å². The van der Waals surface area contributed by atoms with Crippen molar-refractivity contribution in [1.82, 2.24) is 10.6 Å². The van der Waals surface area contributed by atoms with E-state index in [2.05, 4.69) is 10.6 Å². The summed E-state index contributed by atoms with van der Waals surface area (Å²) in [5, 5.41) is 5.33. The van der Waals surface area contributed by atoms with Gasteiger partial charge in [-0.2, -0.15) is 0 Å². The van der Waals surface area contributed by atoms with Gasteiger partial charge in [-0.25, -0.2) is 13.6 Å². The maximum Gasteiger partial charge on any atom is 0.315 e. The van der Waals surface area contributed by atoms with Crippen molar-refractivity contribution in [3.05, 3.63) is 29.8 Å². The van der Waals surface area contributed by atoms with Crippen molar-refractivity contribution in [2.24, 2.45) is 0 Å². The van der Waals surface area contributed by atoms with Gasteiger partial charge >= 0.3 is 6.03 Å². The van der Waals surface area contributed by atoms with Crippen LogP contribution in [0, 0.1) is 11.6 Å². The van der Waals surface area contributed by atoms with Gasteiger partial charge in [-0.3, -0.25) is 0 Å². The van der Waals surface area contributed by atoms with E-state index in [1.165, 1.54) is 6.07 Å². The molecule has 0 aliphatic heterocycles. The predicted molar refractivity (Wildman–Crippen MR) is 68.1 cm³/mol. The number of ether oxygens (including phenoxy) is 1. The monoisotopic (exact) mass is 272 g/mol. The molecular formula is C13H18F2N2O2. The van der Waals surface area contributed by atoms with Gasteiger partial charge in [-0.1, -0.05) is 6.92 Å². The summed E-state index contributed by atoms with van der Waals surface area (Å²) in [4.78, 5) is 11.3. The smallest absolute Gasteiger partial charge is 0.315 e. The minimum Gasteiger partial charge on any atom is -0.492 e. The maximum absolute atomic E-state index is 12.9. The number of carbonyl (C=O) groups is 1. The Morgan fingerprint density at radius 1 is 1.37 bits per heavy atom. The van der Waals surface area contributed by atoms with Crippen molar-refractivity contribution in [1.29, 1.82) is 0 Å². The second-order valence-electron chi connectivity index (χ2n) is 4.13. The molecule has 0 saturated carbocycles. The molecule has 0 aliphatic carbocycles. The maximum atomic E-state index is 12.9. The molecule has 0 radical (unpaired) electrons.